The second kappa shape index (κ2) is 5.39. The Hall–Kier alpha value is -1.56. The van der Waals surface area contributed by atoms with E-state index >= 15 is 0 Å². The third-order valence-electron chi connectivity index (χ3n) is 3.08. The van der Waals surface area contributed by atoms with Crippen LogP contribution < -0.4 is 5.73 Å². The summed E-state index contributed by atoms with van der Waals surface area (Å²) in [7, 11) is 1.65. The van der Waals surface area contributed by atoms with Gasteiger partial charge in [-0.15, -0.1) is 11.3 Å². The minimum atomic E-state index is -0.0685. The lowest BCUT2D eigenvalue weighted by Gasteiger charge is -2.14. The van der Waals surface area contributed by atoms with Crippen molar-refractivity contribution in [3.63, 3.8) is 0 Å². The van der Waals surface area contributed by atoms with Crippen LogP contribution in [0.1, 0.15) is 33.0 Å². The highest BCUT2D eigenvalue weighted by Gasteiger charge is 2.20. The lowest BCUT2D eigenvalue weighted by atomic mass is 9.99. The molecule has 0 saturated heterocycles. The topological polar surface area (TPSA) is 78.9 Å². The van der Waals surface area contributed by atoms with Gasteiger partial charge in [-0.25, -0.2) is 0 Å². The minimum Gasteiger partial charge on any atom is -0.409 e. The van der Waals surface area contributed by atoms with Crippen LogP contribution in [0.3, 0.4) is 0 Å². The maximum absolute atomic E-state index is 12.2. The summed E-state index contributed by atoms with van der Waals surface area (Å²) in [5.74, 6) is -0.0341. The largest absolute Gasteiger partial charge is 0.409 e. The van der Waals surface area contributed by atoms with Crippen LogP contribution in [0.4, 0.5) is 0 Å². The maximum atomic E-state index is 12.2. The van der Waals surface area contributed by atoms with Crippen molar-refractivity contribution in [2.75, 3.05) is 13.6 Å². The van der Waals surface area contributed by atoms with E-state index in [4.69, 9.17) is 10.9 Å². The molecule has 0 bridgehead atoms. The molecule has 0 fully saturated rings. The highest BCUT2D eigenvalue weighted by Crippen LogP contribution is 2.30. The zero-order valence-corrected chi connectivity index (χ0v) is 11.2. The van der Waals surface area contributed by atoms with Gasteiger partial charge in [-0.1, -0.05) is 5.16 Å². The summed E-state index contributed by atoms with van der Waals surface area (Å²) in [5.41, 5.74) is 6.71. The third-order valence-corrected chi connectivity index (χ3v) is 4.31. The van der Waals surface area contributed by atoms with Gasteiger partial charge in [0.05, 0.1) is 11.4 Å². The number of nitrogens with two attached hydrogens (primary N) is 1. The predicted octanol–water partition coefficient (Wildman–Crippen LogP) is 1.45. The summed E-state index contributed by atoms with van der Waals surface area (Å²) in [4.78, 5) is 15.7. The first-order chi connectivity index (χ1) is 8.61. The summed E-state index contributed by atoms with van der Waals surface area (Å²) in [6, 6.07) is 1.99. The number of thiophene rings is 1. The third kappa shape index (κ3) is 2.64. The number of carbonyl (C=O) groups excluding carboxylic acids is 1. The molecule has 98 valence electrons. The van der Waals surface area contributed by atoms with Crippen LogP contribution in [0, 0.1) is 0 Å². The van der Waals surface area contributed by atoms with E-state index < -0.39 is 0 Å². The molecule has 0 spiro atoms. The van der Waals surface area contributed by atoms with Crippen molar-refractivity contribution in [2.45, 2.75) is 25.7 Å². The molecule has 0 unspecified atom stereocenters. The van der Waals surface area contributed by atoms with Gasteiger partial charge in [0, 0.05) is 11.9 Å². The van der Waals surface area contributed by atoms with Crippen molar-refractivity contribution in [3.8, 4) is 0 Å². The van der Waals surface area contributed by atoms with Crippen LogP contribution >= 0.6 is 11.3 Å². The Balaban J connectivity index is 2.11. The Labute approximate surface area is 110 Å². The molecule has 1 aliphatic rings. The van der Waals surface area contributed by atoms with Gasteiger partial charge in [0.2, 0.25) is 0 Å². The molecule has 5 nitrogen and oxygen atoms in total. The smallest absolute Gasteiger partial charge is 0.264 e. The highest BCUT2D eigenvalue weighted by atomic mass is 32.1. The summed E-state index contributed by atoms with van der Waals surface area (Å²) >= 11 is 1.57. The highest BCUT2D eigenvalue weighted by molar-refractivity contribution is 7.14. The van der Waals surface area contributed by atoms with Crippen LogP contribution in [0.15, 0.2) is 11.2 Å². The average Bonchev–Trinajstić information content (AvgIpc) is 2.81. The molecule has 1 aromatic heterocycles. The molecule has 0 saturated carbocycles. The SMILES string of the molecule is CN(CC(N)=NO)C(=O)c1cc2c(s1)CCCC2. The van der Waals surface area contributed by atoms with Crippen LogP contribution in [0.25, 0.3) is 0 Å². The quantitative estimate of drug-likeness (QED) is 0.376. The van der Waals surface area contributed by atoms with E-state index in [0.717, 1.165) is 17.7 Å². The second-order valence-corrected chi connectivity index (χ2v) is 5.66. The van der Waals surface area contributed by atoms with Gasteiger partial charge in [0.25, 0.3) is 5.91 Å². The van der Waals surface area contributed by atoms with Gasteiger partial charge in [0.1, 0.15) is 0 Å². The number of nitrogens with zero attached hydrogens (tertiary/aromatic N) is 2. The van der Waals surface area contributed by atoms with Crippen LogP contribution in [0.2, 0.25) is 0 Å². The molecular weight excluding hydrogens is 250 g/mol. The van der Waals surface area contributed by atoms with Gasteiger partial charge in [-0.2, -0.15) is 0 Å². The van der Waals surface area contributed by atoms with Crippen LogP contribution in [-0.4, -0.2) is 35.4 Å². The molecule has 1 aliphatic carbocycles. The molecule has 1 amide bonds. The van der Waals surface area contributed by atoms with Crippen molar-refractivity contribution in [3.05, 3.63) is 21.4 Å². The maximum Gasteiger partial charge on any atom is 0.264 e. The summed E-state index contributed by atoms with van der Waals surface area (Å²) < 4.78 is 0. The average molecular weight is 267 g/mol. The molecule has 6 heteroatoms. The molecule has 1 heterocycles. The van der Waals surface area contributed by atoms with E-state index in [1.165, 1.54) is 28.2 Å². The van der Waals surface area contributed by atoms with E-state index in [1.54, 1.807) is 18.4 Å². The van der Waals surface area contributed by atoms with Crippen molar-refractivity contribution in [1.29, 1.82) is 0 Å². The minimum absolute atomic E-state index is 0.0344. The van der Waals surface area contributed by atoms with Gasteiger partial charge >= 0.3 is 0 Å². The van der Waals surface area contributed by atoms with Crippen molar-refractivity contribution in [2.24, 2.45) is 10.9 Å². The Kier molecular flexibility index (Phi) is 3.86. The predicted molar refractivity (Wildman–Crippen MR) is 71.3 cm³/mol. The fourth-order valence-electron chi connectivity index (χ4n) is 2.13. The van der Waals surface area contributed by atoms with E-state index in [1.807, 2.05) is 6.07 Å². The fourth-order valence-corrected chi connectivity index (χ4v) is 3.38. The summed E-state index contributed by atoms with van der Waals surface area (Å²) in [5, 5.41) is 11.4. The van der Waals surface area contributed by atoms with Crippen LogP contribution in [-0.2, 0) is 12.8 Å². The van der Waals surface area contributed by atoms with Crippen molar-refractivity contribution < 1.29 is 10.0 Å². The Morgan fingerprint density at radius 2 is 2.28 bits per heavy atom. The second-order valence-electron chi connectivity index (χ2n) is 4.52. The number of hydrogen-bond donors (Lipinski definition) is 2. The molecule has 0 radical (unpaired) electrons. The van der Waals surface area contributed by atoms with Crippen molar-refractivity contribution in [1.82, 2.24) is 4.90 Å². The van der Waals surface area contributed by atoms with Gasteiger partial charge < -0.3 is 15.8 Å². The number of carbonyl (C=O) groups is 1. The van der Waals surface area contributed by atoms with E-state index in [2.05, 4.69) is 5.16 Å². The zero-order chi connectivity index (χ0) is 13.1. The Morgan fingerprint density at radius 1 is 1.56 bits per heavy atom. The first-order valence-electron chi connectivity index (χ1n) is 5.95. The number of amides is 1. The zero-order valence-electron chi connectivity index (χ0n) is 10.3. The molecule has 0 aromatic carbocycles. The van der Waals surface area contributed by atoms with Gasteiger partial charge in [0.15, 0.2) is 5.84 Å². The Morgan fingerprint density at radius 3 is 2.94 bits per heavy atom. The van der Waals surface area contributed by atoms with Crippen molar-refractivity contribution >= 4 is 23.1 Å². The molecule has 1 aromatic rings. The Bertz CT molecular complexity index is 458. The number of aryl methyl sites for hydroxylation is 2. The number of amidine groups is 1. The number of hydrogen-bond acceptors (Lipinski definition) is 4. The van der Waals surface area contributed by atoms with Gasteiger partial charge in [-0.05, 0) is 37.3 Å². The number of oxime groups is 1. The molecule has 0 aliphatic heterocycles. The fraction of sp³-hybridized carbons (Fsp3) is 0.500. The summed E-state index contributed by atoms with van der Waals surface area (Å²) in [6.45, 7) is 0.137. The molecule has 2 rings (SSSR count). The number of rotatable bonds is 3. The standard InChI is InChI=1S/C12H17N3O2S/c1-15(7-11(13)14-17)12(16)10-6-8-4-2-3-5-9(8)18-10/h6,17H,2-5,7H2,1H3,(H2,13,14). The molecule has 3 N–H and O–H groups in total. The molecule has 18 heavy (non-hydrogen) atoms. The lowest BCUT2D eigenvalue weighted by Crippen LogP contribution is -2.35. The van der Waals surface area contributed by atoms with Gasteiger partial charge in [-0.3, -0.25) is 4.79 Å². The first kappa shape index (κ1) is 12.9. The first-order valence-corrected chi connectivity index (χ1v) is 6.77. The summed E-state index contributed by atoms with van der Waals surface area (Å²) in [6.07, 6.45) is 4.57. The van der Waals surface area contributed by atoms with Crippen LogP contribution in [0.5, 0.6) is 0 Å². The lowest BCUT2D eigenvalue weighted by molar-refractivity contribution is 0.0818. The monoisotopic (exact) mass is 267 g/mol. The molecular formula is C12H17N3O2S. The number of fused-ring (bicyclic) bond motifs is 1. The van der Waals surface area contributed by atoms with E-state index in [9.17, 15) is 4.79 Å². The number of likely N-dealkylation sites (N-methyl/N-ethyl adjacent to an activating group) is 1. The molecule has 0 atom stereocenters. The normalized spacial score (nSPS) is 15.3. The van der Waals surface area contributed by atoms with E-state index in [-0.39, 0.29) is 18.3 Å². The van der Waals surface area contributed by atoms with E-state index in [0.29, 0.717) is 0 Å².